The van der Waals surface area contributed by atoms with E-state index in [0.717, 1.165) is 28.0 Å². The minimum absolute atomic E-state index is 0.00236. The Morgan fingerprint density at radius 3 is 2.37 bits per heavy atom. The van der Waals surface area contributed by atoms with Gasteiger partial charge >= 0.3 is 0 Å². The predicted octanol–water partition coefficient (Wildman–Crippen LogP) is 6.62. The van der Waals surface area contributed by atoms with Crippen LogP contribution in [-0.2, 0) is 16.1 Å². The number of amides is 1. The lowest BCUT2D eigenvalue weighted by Gasteiger charge is -2.26. The van der Waals surface area contributed by atoms with E-state index in [4.69, 9.17) is 21.1 Å². The maximum Gasteiger partial charge on any atom is 0.295 e. The van der Waals surface area contributed by atoms with E-state index in [1.807, 2.05) is 62.4 Å². The molecule has 7 heteroatoms. The number of benzene rings is 3. The van der Waals surface area contributed by atoms with E-state index < -0.39 is 17.7 Å². The zero-order valence-corrected chi connectivity index (χ0v) is 23.0. The van der Waals surface area contributed by atoms with E-state index in [2.05, 4.69) is 13.8 Å². The second kappa shape index (κ2) is 11.3. The van der Waals surface area contributed by atoms with E-state index >= 15 is 0 Å². The highest BCUT2D eigenvalue weighted by molar-refractivity contribution is 6.46. The van der Waals surface area contributed by atoms with Gasteiger partial charge in [-0.05, 0) is 60.7 Å². The summed E-state index contributed by atoms with van der Waals surface area (Å²) in [6.07, 6.45) is 0. The van der Waals surface area contributed by atoms with Crippen molar-refractivity contribution in [3.8, 4) is 11.5 Å². The van der Waals surface area contributed by atoms with Gasteiger partial charge in [0.2, 0.25) is 0 Å². The standard InChI is InChI=1S/C31H32ClNO5/c1-18(2)17-38-23-11-9-21(10-12-23)16-33-27(22-8-6-7-19(3)13-22)26(29(35)31(33)36)28(34)24-14-20(4)15-25(32)30(24)37-5/h6-15,18,27,34H,16-17H2,1-5H3/b28-26+. The number of methoxy groups -OCH3 is 1. The van der Waals surface area contributed by atoms with Crippen LogP contribution in [0.3, 0.4) is 0 Å². The van der Waals surface area contributed by atoms with Gasteiger partial charge in [0.15, 0.2) is 0 Å². The highest BCUT2D eigenvalue weighted by Crippen LogP contribution is 2.43. The molecule has 0 bridgehead atoms. The number of nitrogens with zero attached hydrogens (tertiary/aromatic N) is 1. The van der Waals surface area contributed by atoms with Crippen molar-refractivity contribution in [3.05, 3.63) is 99.1 Å². The first-order valence-corrected chi connectivity index (χ1v) is 12.9. The second-order valence-electron chi connectivity index (χ2n) is 10.0. The van der Waals surface area contributed by atoms with Crippen LogP contribution in [0, 0.1) is 19.8 Å². The third kappa shape index (κ3) is 5.55. The van der Waals surface area contributed by atoms with Crippen LogP contribution in [0.4, 0.5) is 0 Å². The molecule has 0 spiro atoms. The Hall–Kier alpha value is -3.77. The molecule has 1 aliphatic heterocycles. The zero-order chi connectivity index (χ0) is 27.6. The summed E-state index contributed by atoms with van der Waals surface area (Å²) >= 11 is 6.38. The number of aryl methyl sites for hydroxylation is 2. The minimum Gasteiger partial charge on any atom is -0.507 e. The molecule has 1 heterocycles. The summed E-state index contributed by atoms with van der Waals surface area (Å²) in [6.45, 7) is 8.71. The van der Waals surface area contributed by atoms with Crippen LogP contribution in [0.15, 0.2) is 66.2 Å². The molecule has 0 saturated carbocycles. The first-order chi connectivity index (χ1) is 18.1. The summed E-state index contributed by atoms with van der Waals surface area (Å²) in [7, 11) is 1.44. The number of aliphatic hydroxyl groups is 1. The number of hydrogen-bond acceptors (Lipinski definition) is 5. The Morgan fingerprint density at radius 2 is 1.74 bits per heavy atom. The summed E-state index contributed by atoms with van der Waals surface area (Å²) < 4.78 is 11.2. The Balaban J connectivity index is 1.80. The number of hydrogen-bond donors (Lipinski definition) is 1. The fraction of sp³-hybridized carbons (Fsp3) is 0.290. The number of halogens is 1. The second-order valence-corrected chi connectivity index (χ2v) is 10.4. The molecule has 1 saturated heterocycles. The van der Waals surface area contributed by atoms with Gasteiger partial charge < -0.3 is 19.5 Å². The lowest BCUT2D eigenvalue weighted by Crippen LogP contribution is -2.29. The number of Topliss-reactive ketones (excluding diaryl/α,β-unsaturated/α-hetero) is 1. The molecule has 1 amide bonds. The van der Waals surface area contributed by atoms with Crippen LogP contribution in [0.5, 0.6) is 11.5 Å². The summed E-state index contributed by atoms with van der Waals surface area (Å²) in [6, 6.07) is 17.7. The minimum atomic E-state index is -0.796. The maximum atomic E-state index is 13.5. The van der Waals surface area contributed by atoms with Gasteiger partial charge in [-0.25, -0.2) is 0 Å². The highest BCUT2D eigenvalue weighted by Gasteiger charge is 2.46. The molecule has 6 nitrogen and oxygen atoms in total. The van der Waals surface area contributed by atoms with Gasteiger partial charge in [0.25, 0.3) is 11.7 Å². The van der Waals surface area contributed by atoms with Gasteiger partial charge in [0.05, 0.1) is 35.9 Å². The normalized spacial score (nSPS) is 16.8. The number of carbonyl (C=O) groups is 2. The van der Waals surface area contributed by atoms with Gasteiger partial charge in [0.1, 0.15) is 17.3 Å². The molecule has 38 heavy (non-hydrogen) atoms. The molecular formula is C31H32ClNO5. The monoisotopic (exact) mass is 533 g/mol. The molecule has 0 radical (unpaired) electrons. The molecular weight excluding hydrogens is 502 g/mol. The first kappa shape index (κ1) is 27.3. The smallest absolute Gasteiger partial charge is 0.295 e. The largest absolute Gasteiger partial charge is 0.507 e. The summed E-state index contributed by atoms with van der Waals surface area (Å²) in [5.41, 5.74) is 3.56. The van der Waals surface area contributed by atoms with Crippen molar-refractivity contribution >= 4 is 29.1 Å². The fourth-order valence-corrected chi connectivity index (χ4v) is 4.99. The van der Waals surface area contributed by atoms with Gasteiger partial charge in [0, 0.05) is 6.54 Å². The molecule has 198 valence electrons. The molecule has 0 aromatic heterocycles. The number of ketones is 1. The molecule has 0 aliphatic carbocycles. The van der Waals surface area contributed by atoms with Crippen LogP contribution >= 0.6 is 11.6 Å². The molecule has 1 atom stereocenters. The highest BCUT2D eigenvalue weighted by atomic mass is 35.5. The van der Waals surface area contributed by atoms with Crippen molar-refractivity contribution in [1.82, 2.24) is 4.90 Å². The lowest BCUT2D eigenvalue weighted by molar-refractivity contribution is -0.140. The predicted molar refractivity (Wildman–Crippen MR) is 149 cm³/mol. The number of aliphatic hydroxyl groups excluding tert-OH is 1. The van der Waals surface area contributed by atoms with E-state index in [0.29, 0.717) is 17.5 Å². The molecule has 1 N–H and O–H groups in total. The number of ether oxygens (including phenoxy) is 2. The Labute approximate surface area is 228 Å². The summed E-state index contributed by atoms with van der Waals surface area (Å²) in [4.78, 5) is 28.4. The van der Waals surface area contributed by atoms with Crippen LogP contribution in [-0.4, -0.2) is 35.4 Å². The van der Waals surface area contributed by atoms with Gasteiger partial charge in [-0.3, -0.25) is 9.59 Å². The van der Waals surface area contributed by atoms with Crippen molar-refractivity contribution in [1.29, 1.82) is 0 Å². The van der Waals surface area contributed by atoms with Gasteiger partial charge in [-0.1, -0.05) is 67.4 Å². The third-order valence-corrected chi connectivity index (χ3v) is 6.69. The third-order valence-electron chi connectivity index (χ3n) is 6.40. The van der Waals surface area contributed by atoms with E-state index in [-0.39, 0.29) is 29.2 Å². The van der Waals surface area contributed by atoms with Crippen molar-refractivity contribution in [3.63, 3.8) is 0 Å². The van der Waals surface area contributed by atoms with Crippen LogP contribution in [0.25, 0.3) is 5.76 Å². The molecule has 3 aromatic rings. The van der Waals surface area contributed by atoms with Gasteiger partial charge in [-0.2, -0.15) is 0 Å². The van der Waals surface area contributed by atoms with Crippen LogP contribution in [0.1, 0.15) is 47.7 Å². The lowest BCUT2D eigenvalue weighted by atomic mass is 9.93. The summed E-state index contributed by atoms with van der Waals surface area (Å²) in [5.74, 6) is -0.388. The van der Waals surface area contributed by atoms with Crippen LogP contribution in [0.2, 0.25) is 5.02 Å². The maximum absolute atomic E-state index is 13.5. The Bertz CT molecular complexity index is 1390. The number of rotatable bonds is 8. The number of likely N-dealkylation sites (tertiary alicyclic amines) is 1. The first-order valence-electron chi connectivity index (χ1n) is 12.5. The fourth-order valence-electron chi connectivity index (χ4n) is 4.64. The SMILES string of the molecule is COc1c(Cl)cc(C)cc1/C(O)=C1\C(=O)C(=O)N(Cc2ccc(OCC(C)C)cc2)C1c1cccc(C)c1. The average molecular weight is 534 g/mol. The van der Waals surface area contributed by atoms with Crippen molar-refractivity contribution in [2.24, 2.45) is 5.92 Å². The van der Waals surface area contributed by atoms with E-state index in [1.165, 1.54) is 12.0 Å². The Morgan fingerprint density at radius 1 is 1.03 bits per heavy atom. The van der Waals surface area contributed by atoms with Crippen molar-refractivity contribution in [2.75, 3.05) is 13.7 Å². The zero-order valence-electron chi connectivity index (χ0n) is 22.2. The molecule has 4 rings (SSSR count). The molecule has 1 unspecified atom stereocenters. The quantitative estimate of drug-likeness (QED) is 0.200. The van der Waals surface area contributed by atoms with Crippen molar-refractivity contribution in [2.45, 2.75) is 40.3 Å². The van der Waals surface area contributed by atoms with Crippen molar-refractivity contribution < 1.29 is 24.2 Å². The van der Waals surface area contributed by atoms with E-state index in [9.17, 15) is 14.7 Å². The topological polar surface area (TPSA) is 76.1 Å². The van der Waals surface area contributed by atoms with Gasteiger partial charge in [-0.15, -0.1) is 0 Å². The Kier molecular flexibility index (Phi) is 8.12. The molecule has 1 fully saturated rings. The molecule has 3 aromatic carbocycles. The van der Waals surface area contributed by atoms with E-state index in [1.54, 1.807) is 12.1 Å². The van der Waals surface area contributed by atoms with Crippen LogP contribution < -0.4 is 9.47 Å². The number of carbonyl (C=O) groups excluding carboxylic acids is 2. The average Bonchev–Trinajstić information content (AvgIpc) is 3.12. The summed E-state index contributed by atoms with van der Waals surface area (Å²) in [5, 5.41) is 11.8. The molecule has 1 aliphatic rings.